The number of hydrogen-bond donors (Lipinski definition) is 1. The molecular weight excluding hydrogens is 240 g/mol. The highest BCUT2D eigenvalue weighted by atomic mass is 16.5. The van der Waals surface area contributed by atoms with Crippen molar-refractivity contribution in [2.24, 2.45) is 0 Å². The number of nitrogens with zero attached hydrogens (tertiary/aromatic N) is 1. The van der Waals surface area contributed by atoms with Gasteiger partial charge in [0.1, 0.15) is 11.6 Å². The van der Waals surface area contributed by atoms with Crippen molar-refractivity contribution >= 4 is 16.6 Å². The lowest BCUT2D eigenvalue weighted by Crippen LogP contribution is -2.24. The number of nitrogens with one attached hydrogen (secondary N) is 1. The van der Waals surface area contributed by atoms with Crippen LogP contribution in [0.5, 0.6) is 5.75 Å². The quantitative estimate of drug-likeness (QED) is 0.866. The number of aromatic nitrogens is 1. The van der Waals surface area contributed by atoms with Gasteiger partial charge in [-0.15, -0.1) is 0 Å². The molecule has 0 amide bonds. The van der Waals surface area contributed by atoms with Crippen molar-refractivity contribution in [3.05, 3.63) is 30.5 Å². The third kappa shape index (κ3) is 2.96. The molecule has 0 fully saturated rings. The van der Waals surface area contributed by atoms with Crippen molar-refractivity contribution < 1.29 is 9.47 Å². The van der Waals surface area contributed by atoms with Crippen molar-refractivity contribution in [2.75, 3.05) is 26.1 Å². The second-order valence-corrected chi connectivity index (χ2v) is 4.42. The first kappa shape index (κ1) is 13.6. The Kier molecular flexibility index (Phi) is 4.58. The van der Waals surface area contributed by atoms with Gasteiger partial charge < -0.3 is 14.8 Å². The minimum absolute atomic E-state index is 0.259. The van der Waals surface area contributed by atoms with Crippen molar-refractivity contribution in [3.8, 4) is 5.75 Å². The molecule has 0 radical (unpaired) electrons. The number of pyridine rings is 1. The second-order valence-electron chi connectivity index (χ2n) is 4.42. The Morgan fingerprint density at radius 3 is 2.74 bits per heavy atom. The molecule has 0 bridgehead atoms. The number of methoxy groups -OCH3 is 2. The van der Waals surface area contributed by atoms with Crippen LogP contribution < -0.4 is 10.1 Å². The van der Waals surface area contributed by atoms with Gasteiger partial charge >= 0.3 is 0 Å². The summed E-state index contributed by atoms with van der Waals surface area (Å²) in [4.78, 5) is 4.43. The highest BCUT2D eigenvalue weighted by Gasteiger charge is 2.10. The van der Waals surface area contributed by atoms with Crippen LogP contribution in [0.15, 0.2) is 30.5 Å². The van der Waals surface area contributed by atoms with Gasteiger partial charge in [0.05, 0.1) is 19.8 Å². The van der Waals surface area contributed by atoms with Crippen molar-refractivity contribution in [1.82, 2.24) is 4.98 Å². The van der Waals surface area contributed by atoms with Gasteiger partial charge in [0, 0.05) is 24.1 Å². The molecule has 102 valence electrons. The maximum Gasteiger partial charge on any atom is 0.134 e. The smallest absolute Gasteiger partial charge is 0.134 e. The lowest BCUT2D eigenvalue weighted by atomic mass is 10.1. The standard InChI is InChI=1S/C15H20N2O2/c1-4-11(10-18-2)17-15-13-6-5-7-14(19-3)12(13)8-9-16-15/h5-9,11H,4,10H2,1-3H3,(H,16,17). The first-order chi connectivity index (χ1) is 9.30. The van der Waals surface area contributed by atoms with Crippen LogP contribution in [0.1, 0.15) is 13.3 Å². The molecule has 0 aliphatic rings. The van der Waals surface area contributed by atoms with Gasteiger partial charge in [0.25, 0.3) is 0 Å². The molecule has 1 aromatic carbocycles. The fraction of sp³-hybridized carbons (Fsp3) is 0.400. The third-order valence-electron chi connectivity index (χ3n) is 3.19. The molecule has 19 heavy (non-hydrogen) atoms. The van der Waals surface area contributed by atoms with Gasteiger partial charge in [0.15, 0.2) is 0 Å². The Hall–Kier alpha value is -1.81. The van der Waals surface area contributed by atoms with Crippen LogP contribution >= 0.6 is 0 Å². The third-order valence-corrected chi connectivity index (χ3v) is 3.19. The SMILES string of the molecule is CCC(COC)Nc1nccc2c(OC)cccc12. The van der Waals surface area contributed by atoms with Gasteiger partial charge in [-0.05, 0) is 18.6 Å². The minimum Gasteiger partial charge on any atom is -0.496 e. The number of hydrogen-bond acceptors (Lipinski definition) is 4. The summed E-state index contributed by atoms with van der Waals surface area (Å²) in [6.45, 7) is 2.79. The van der Waals surface area contributed by atoms with E-state index in [0.717, 1.165) is 28.8 Å². The number of benzene rings is 1. The summed E-state index contributed by atoms with van der Waals surface area (Å²) in [7, 11) is 3.39. The summed E-state index contributed by atoms with van der Waals surface area (Å²) in [5.74, 6) is 1.74. The molecule has 0 aliphatic heterocycles. The molecule has 1 aromatic heterocycles. The summed E-state index contributed by atoms with van der Waals surface area (Å²) in [6.07, 6.45) is 2.78. The predicted molar refractivity (Wildman–Crippen MR) is 77.9 cm³/mol. The Morgan fingerprint density at radius 1 is 1.21 bits per heavy atom. The molecule has 1 atom stereocenters. The van der Waals surface area contributed by atoms with Crippen LogP contribution in [-0.4, -0.2) is 31.9 Å². The maximum absolute atomic E-state index is 5.38. The molecule has 0 aliphatic carbocycles. The zero-order chi connectivity index (χ0) is 13.7. The molecule has 0 spiro atoms. The van der Waals surface area contributed by atoms with Gasteiger partial charge in [0.2, 0.25) is 0 Å². The monoisotopic (exact) mass is 260 g/mol. The van der Waals surface area contributed by atoms with Crippen molar-refractivity contribution in [3.63, 3.8) is 0 Å². The van der Waals surface area contributed by atoms with E-state index in [1.165, 1.54) is 0 Å². The molecule has 0 saturated heterocycles. The summed E-state index contributed by atoms with van der Waals surface area (Å²) >= 11 is 0. The van der Waals surface area contributed by atoms with Crippen LogP contribution in [0.4, 0.5) is 5.82 Å². The lowest BCUT2D eigenvalue weighted by Gasteiger charge is -2.18. The van der Waals surface area contributed by atoms with E-state index in [9.17, 15) is 0 Å². The van der Waals surface area contributed by atoms with E-state index >= 15 is 0 Å². The fourth-order valence-corrected chi connectivity index (χ4v) is 2.13. The number of anilines is 1. The second kappa shape index (κ2) is 6.38. The largest absolute Gasteiger partial charge is 0.496 e. The van der Waals surface area contributed by atoms with Crippen LogP contribution in [0.2, 0.25) is 0 Å². The molecule has 1 heterocycles. The van der Waals surface area contributed by atoms with Gasteiger partial charge in [-0.3, -0.25) is 0 Å². The van der Waals surface area contributed by atoms with Gasteiger partial charge in [-0.1, -0.05) is 19.1 Å². The van der Waals surface area contributed by atoms with E-state index in [1.54, 1.807) is 20.4 Å². The lowest BCUT2D eigenvalue weighted by molar-refractivity contribution is 0.184. The molecule has 2 rings (SSSR count). The van der Waals surface area contributed by atoms with Crippen molar-refractivity contribution in [1.29, 1.82) is 0 Å². The molecule has 4 heteroatoms. The molecule has 0 saturated carbocycles. The zero-order valence-electron chi connectivity index (χ0n) is 11.6. The number of ether oxygens (including phenoxy) is 2. The summed E-state index contributed by atoms with van der Waals surface area (Å²) in [5, 5.41) is 5.56. The fourth-order valence-electron chi connectivity index (χ4n) is 2.13. The van der Waals surface area contributed by atoms with Crippen LogP contribution in [0.3, 0.4) is 0 Å². The Bertz CT molecular complexity index is 543. The van der Waals surface area contributed by atoms with Crippen LogP contribution in [0.25, 0.3) is 10.8 Å². The maximum atomic E-state index is 5.38. The Morgan fingerprint density at radius 2 is 2.05 bits per heavy atom. The predicted octanol–water partition coefficient (Wildman–Crippen LogP) is 3.08. The van der Waals surface area contributed by atoms with Gasteiger partial charge in [-0.25, -0.2) is 4.98 Å². The zero-order valence-corrected chi connectivity index (χ0v) is 11.6. The summed E-state index contributed by atoms with van der Waals surface area (Å²) < 4.78 is 10.6. The highest BCUT2D eigenvalue weighted by Crippen LogP contribution is 2.29. The van der Waals surface area contributed by atoms with E-state index < -0.39 is 0 Å². The topological polar surface area (TPSA) is 43.4 Å². The summed E-state index contributed by atoms with van der Waals surface area (Å²) in [5.41, 5.74) is 0. The van der Waals surface area contributed by atoms with Crippen molar-refractivity contribution in [2.45, 2.75) is 19.4 Å². The average Bonchev–Trinajstić information content (AvgIpc) is 2.46. The van der Waals surface area contributed by atoms with Crippen LogP contribution in [0, 0.1) is 0 Å². The Balaban J connectivity index is 2.38. The summed E-state index contributed by atoms with van der Waals surface area (Å²) in [6, 6.07) is 8.21. The number of rotatable bonds is 6. The van der Waals surface area contributed by atoms with E-state index in [2.05, 4.69) is 17.2 Å². The number of fused-ring (bicyclic) bond motifs is 1. The first-order valence-electron chi connectivity index (χ1n) is 6.47. The van der Waals surface area contributed by atoms with Gasteiger partial charge in [-0.2, -0.15) is 0 Å². The highest BCUT2D eigenvalue weighted by molar-refractivity contribution is 5.95. The Labute approximate surface area is 113 Å². The van der Waals surface area contributed by atoms with Crippen LogP contribution in [-0.2, 0) is 4.74 Å². The normalized spacial score (nSPS) is 12.4. The van der Waals surface area contributed by atoms with E-state index in [0.29, 0.717) is 6.61 Å². The van der Waals surface area contributed by atoms with E-state index in [4.69, 9.17) is 9.47 Å². The van der Waals surface area contributed by atoms with E-state index in [1.807, 2.05) is 24.3 Å². The van der Waals surface area contributed by atoms with E-state index in [-0.39, 0.29) is 6.04 Å². The first-order valence-corrected chi connectivity index (χ1v) is 6.47. The molecule has 1 unspecified atom stereocenters. The average molecular weight is 260 g/mol. The molecule has 4 nitrogen and oxygen atoms in total. The molecule has 1 N–H and O–H groups in total. The minimum atomic E-state index is 0.259. The molecular formula is C15H20N2O2. The molecule has 2 aromatic rings.